The Labute approximate surface area is 201 Å². The summed E-state index contributed by atoms with van der Waals surface area (Å²) >= 11 is 26.2. The highest BCUT2D eigenvalue weighted by Gasteiger charge is 1.98. The van der Waals surface area contributed by atoms with Gasteiger partial charge < -0.3 is 0 Å². The third-order valence-electron chi connectivity index (χ3n) is 4.00. The summed E-state index contributed by atoms with van der Waals surface area (Å²) in [6, 6.07) is 30.9. The highest BCUT2D eigenvalue weighted by Crippen LogP contribution is 2.25. The predicted molar refractivity (Wildman–Crippen MR) is 132 cm³/mol. The monoisotopic (exact) mass is 492 g/mol. The summed E-state index contributed by atoms with van der Waals surface area (Å²) < 4.78 is 7.83. The number of rotatable bonds is 2. The van der Waals surface area contributed by atoms with Gasteiger partial charge in [-0.3, -0.25) is 0 Å². The van der Waals surface area contributed by atoms with Crippen LogP contribution in [-0.2, 0) is 12.5 Å². The van der Waals surface area contributed by atoms with E-state index in [4.69, 9.17) is 50.6 Å². The Kier molecular flexibility index (Phi) is 10.3. The molecule has 0 N–H and O–H groups in total. The van der Waals surface area contributed by atoms with Crippen LogP contribution in [0.4, 0.5) is 0 Å². The van der Waals surface area contributed by atoms with Gasteiger partial charge in [-0.15, -0.1) is 0 Å². The second-order valence-corrected chi connectivity index (χ2v) is 7.78. The number of benzene rings is 4. The Morgan fingerprint density at radius 1 is 0.400 bits per heavy atom. The Morgan fingerprint density at radius 2 is 0.733 bits per heavy atom. The van der Waals surface area contributed by atoms with Gasteiger partial charge in [0.2, 0.25) is 0 Å². The van der Waals surface area contributed by atoms with E-state index in [0.717, 1.165) is 42.3 Å². The highest BCUT2D eigenvalue weighted by molar-refractivity contribution is 7.44. The Balaban J connectivity index is 0.000000197. The molecule has 0 unspecified atom stereocenters. The van der Waals surface area contributed by atoms with Crippen molar-refractivity contribution in [1.29, 1.82) is 0 Å². The molecule has 4 aromatic rings. The van der Waals surface area contributed by atoms with E-state index >= 15 is 0 Å². The second kappa shape index (κ2) is 12.7. The lowest BCUT2D eigenvalue weighted by Gasteiger charge is -2.01. The van der Waals surface area contributed by atoms with Gasteiger partial charge in [0, 0.05) is 20.1 Å². The number of hydrogen-bond acceptors (Lipinski definition) is 2. The summed E-state index contributed by atoms with van der Waals surface area (Å²) in [6.07, 6.45) is 0. The van der Waals surface area contributed by atoms with Gasteiger partial charge in [0.25, 0.3) is 0 Å². The van der Waals surface area contributed by atoms with Gasteiger partial charge >= 0.3 is 0 Å². The first kappa shape index (κ1) is 24.3. The molecule has 0 heterocycles. The van der Waals surface area contributed by atoms with Crippen LogP contribution in [0.1, 0.15) is 0 Å². The minimum Gasteiger partial charge on any atom is -0.197 e. The summed E-state index contributed by atoms with van der Waals surface area (Å²) in [7, 11) is 0. The maximum absolute atomic E-state index is 7.83. The second-order valence-electron chi connectivity index (χ2n) is 6.03. The standard InChI is InChI=1S/2C12H8Cl2.OS/c2*13-11-6-4-9(5-7-11)10-2-1-3-12(14)8-10;1-2/h2*1-8H;. The zero-order valence-electron chi connectivity index (χ0n) is 15.6. The van der Waals surface area contributed by atoms with Gasteiger partial charge in [-0.05, 0) is 70.8 Å². The van der Waals surface area contributed by atoms with E-state index in [0.29, 0.717) is 0 Å². The molecule has 0 saturated carbocycles. The normalized spacial score (nSPS) is 9.60. The van der Waals surface area contributed by atoms with Crippen molar-refractivity contribution < 1.29 is 4.21 Å². The SMILES string of the molecule is Clc1ccc(-c2cccc(Cl)c2)cc1.Clc1ccc(-c2cccc(Cl)c2)cc1.O=S. The molecular weight excluding hydrogens is 478 g/mol. The van der Waals surface area contributed by atoms with Crippen molar-refractivity contribution in [3.05, 3.63) is 117 Å². The van der Waals surface area contributed by atoms with Crippen LogP contribution in [0.3, 0.4) is 0 Å². The van der Waals surface area contributed by atoms with Crippen molar-refractivity contribution in [2.75, 3.05) is 0 Å². The quantitative estimate of drug-likeness (QED) is 0.277. The van der Waals surface area contributed by atoms with Crippen LogP contribution in [0.15, 0.2) is 97.1 Å². The van der Waals surface area contributed by atoms with E-state index in [1.165, 1.54) is 0 Å². The summed E-state index contributed by atoms with van der Waals surface area (Å²) in [5.41, 5.74) is 4.46. The van der Waals surface area contributed by atoms with Crippen LogP contribution in [0.2, 0.25) is 20.1 Å². The van der Waals surface area contributed by atoms with Gasteiger partial charge in [-0.2, -0.15) is 4.21 Å². The highest BCUT2D eigenvalue weighted by atomic mass is 35.5. The summed E-state index contributed by atoms with van der Waals surface area (Å²) in [5.74, 6) is 0. The molecule has 152 valence electrons. The fourth-order valence-electron chi connectivity index (χ4n) is 2.62. The Morgan fingerprint density at radius 3 is 1.03 bits per heavy atom. The maximum atomic E-state index is 7.83. The minimum atomic E-state index is 0.746. The molecule has 1 nitrogen and oxygen atoms in total. The van der Waals surface area contributed by atoms with Gasteiger partial charge in [0.15, 0.2) is 12.5 Å². The molecule has 30 heavy (non-hydrogen) atoms. The van der Waals surface area contributed by atoms with Crippen molar-refractivity contribution in [1.82, 2.24) is 0 Å². The molecule has 0 amide bonds. The topological polar surface area (TPSA) is 17.1 Å². The maximum Gasteiger partial charge on any atom is 0.197 e. The van der Waals surface area contributed by atoms with Crippen LogP contribution in [-0.4, -0.2) is 4.21 Å². The summed E-state index contributed by atoms with van der Waals surface area (Å²) in [5, 5.41) is 2.99. The predicted octanol–water partition coefficient (Wildman–Crippen LogP) is 8.98. The average molecular weight is 494 g/mol. The Bertz CT molecular complexity index is 980. The van der Waals surface area contributed by atoms with Crippen molar-refractivity contribution in [2.45, 2.75) is 0 Å². The van der Waals surface area contributed by atoms with E-state index in [2.05, 4.69) is 12.5 Å². The molecule has 6 heteroatoms. The molecule has 4 rings (SSSR count). The lowest BCUT2D eigenvalue weighted by molar-refractivity contribution is 0.702. The number of hydrogen-bond donors (Lipinski definition) is 0. The molecule has 4 aromatic carbocycles. The molecule has 0 bridgehead atoms. The van der Waals surface area contributed by atoms with Crippen LogP contribution < -0.4 is 0 Å². The van der Waals surface area contributed by atoms with E-state index in [1.807, 2.05) is 97.1 Å². The lowest BCUT2D eigenvalue weighted by atomic mass is 10.1. The fraction of sp³-hybridized carbons (Fsp3) is 0. The largest absolute Gasteiger partial charge is 0.197 e. The molecule has 0 spiro atoms. The smallest absolute Gasteiger partial charge is 0.197 e. The molecular formula is C24H16Cl4OS. The first-order valence-corrected chi connectivity index (χ1v) is 10.6. The molecule has 0 radical (unpaired) electrons. The summed E-state index contributed by atoms with van der Waals surface area (Å²) in [4.78, 5) is 0. The first-order chi connectivity index (χ1) is 14.5. The molecule has 0 saturated heterocycles. The lowest BCUT2D eigenvalue weighted by Crippen LogP contribution is -1.76. The van der Waals surface area contributed by atoms with Gasteiger partial charge in [0.05, 0.1) is 0 Å². The van der Waals surface area contributed by atoms with Crippen molar-refractivity contribution >= 4 is 58.9 Å². The minimum absolute atomic E-state index is 0.746. The average Bonchev–Trinajstić information content (AvgIpc) is 2.77. The summed E-state index contributed by atoms with van der Waals surface area (Å²) in [6.45, 7) is 0. The van der Waals surface area contributed by atoms with Crippen LogP contribution in [0.5, 0.6) is 0 Å². The third kappa shape index (κ3) is 7.71. The van der Waals surface area contributed by atoms with Gasteiger partial charge in [-0.1, -0.05) is 94.9 Å². The zero-order valence-corrected chi connectivity index (χ0v) is 19.4. The van der Waals surface area contributed by atoms with E-state index < -0.39 is 0 Å². The van der Waals surface area contributed by atoms with E-state index in [1.54, 1.807) is 0 Å². The molecule has 0 atom stereocenters. The van der Waals surface area contributed by atoms with Crippen molar-refractivity contribution in [3.8, 4) is 22.3 Å². The molecule has 0 fully saturated rings. The van der Waals surface area contributed by atoms with Crippen molar-refractivity contribution in [2.24, 2.45) is 0 Å². The van der Waals surface area contributed by atoms with Gasteiger partial charge in [-0.25, -0.2) is 0 Å². The van der Waals surface area contributed by atoms with Crippen LogP contribution >= 0.6 is 46.4 Å². The molecule has 0 aromatic heterocycles. The zero-order chi connectivity index (χ0) is 21.9. The molecule has 0 aliphatic carbocycles. The first-order valence-electron chi connectivity index (χ1n) is 8.71. The van der Waals surface area contributed by atoms with Crippen LogP contribution in [0.25, 0.3) is 22.3 Å². The van der Waals surface area contributed by atoms with E-state index in [9.17, 15) is 0 Å². The Hall–Kier alpha value is -1.94. The third-order valence-corrected chi connectivity index (χ3v) is 4.98. The van der Waals surface area contributed by atoms with E-state index in [-0.39, 0.29) is 0 Å². The molecule has 0 aliphatic heterocycles. The van der Waals surface area contributed by atoms with Gasteiger partial charge in [0.1, 0.15) is 0 Å². The van der Waals surface area contributed by atoms with Crippen molar-refractivity contribution in [3.63, 3.8) is 0 Å². The molecule has 0 aliphatic rings. The number of halogens is 4. The van der Waals surface area contributed by atoms with Crippen LogP contribution in [0, 0.1) is 0 Å². The fourth-order valence-corrected chi connectivity index (χ4v) is 3.25.